The van der Waals surface area contributed by atoms with Crippen molar-refractivity contribution in [2.24, 2.45) is 7.05 Å². The highest BCUT2D eigenvalue weighted by molar-refractivity contribution is 5.94. The quantitative estimate of drug-likeness (QED) is 0.865. The first-order chi connectivity index (χ1) is 10.1. The zero-order chi connectivity index (χ0) is 15.0. The standard InChI is InChI=1S/C15H19N5O/c1-19(15(21)11-5-7-12(16)8-6-11)9-13-17-18-14(20(13)2)10-3-4-10/h5-8,10H,3-4,9,16H2,1-2H3. The van der Waals surface area contributed by atoms with Crippen molar-refractivity contribution < 1.29 is 4.79 Å². The monoisotopic (exact) mass is 285 g/mol. The number of amides is 1. The van der Waals surface area contributed by atoms with E-state index in [1.807, 2.05) is 11.6 Å². The summed E-state index contributed by atoms with van der Waals surface area (Å²) < 4.78 is 2.00. The van der Waals surface area contributed by atoms with Crippen LogP contribution in [-0.2, 0) is 13.6 Å². The van der Waals surface area contributed by atoms with Gasteiger partial charge in [0.15, 0.2) is 5.82 Å². The molecule has 2 aromatic rings. The Hall–Kier alpha value is -2.37. The summed E-state index contributed by atoms with van der Waals surface area (Å²) in [6.07, 6.45) is 2.37. The molecule has 6 heteroatoms. The van der Waals surface area contributed by atoms with Crippen molar-refractivity contribution in [3.05, 3.63) is 41.5 Å². The smallest absolute Gasteiger partial charge is 0.254 e. The molecular weight excluding hydrogens is 266 g/mol. The molecular formula is C15H19N5O. The molecule has 110 valence electrons. The van der Waals surface area contributed by atoms with E-state index in [0.717, 1.165) is 11.6 Å². The van der Waals surface area contributed by atoms with E-state index in [2.05, 4.69) is 10.2 Å². The van der Waals surface area contributed by atoms with Crippen LogP contribution in [0.1, 0.15) is 40.8 Å². The van der Waals surface area contributed by atoms with Gasteiger partial charge < -0.3 is 15.2 Å². The van der Waals surface area contributed by atoms with E-state index in [4.69, 9.17) is 5.73 Å². The largest absolute Gasteiger partial charge is 0.399 e. The fourth-order valence-corrected chi connectivity index (χ4v) is 2.34. The van der Waals surface area contributed by atoms with Crippen LogP contribution in [0.4, 0.5) is 5.69 Å². The molecule has 0 aliphatic heterocycles. The van der Waals surface area contributed by atoms with Crippen LogP contribution in [0.5, 0.6) is 0 Å². The van der Waals surface area contributed by atoms with Crippen molar-refractivity contribution in [3.8, 4) is 0 Å². The van der Waals surface area contributed by atoms with Crippen molar-refractivity contribution in [1.29, 1.82) is 0 Å². The molecule has 1 aliphatic carbocycles. The van der Waals surface area contributed by atoms with Crippen LogP contribution in [0.3, 0.4) is 0 Å². The Morgan fingerprint density at radius 1 is 1.33 bits per heavy atom. The van der Waals surface area contributed by atoms with Crippen LogP contribution < -0.4 is 5.73 Å². The number of nitrogen functional groups attached to an aromatic ring is 1. The van der Waals surface area contributed by atoms with Gasteiger partial charge in [0.05, 0.1) is 6.54 Å². The lowest BCUT2D eigenvalue weighted by Crippen LogP contribution is -2.27. The van der Waals surface area contributed by atoms with Gasteiger partial charge >= 0.3 is 0 Å². The van der Waals surface area contributed by atoms with E-state index >= 15 is 0 Å². The second-order valence-corrected chi connectivity index (χ2v) is 5.59. The maximum atomic E-state index is 12.4. The summed E-state index contributed by atoms with van der Waals surface area (Å²) in [6, 6.07) is 6.93. The van der Waals surface area contributed by atoms with Gasteiger partial charge in [-0.1, -0.05) is 0 Å². The number of aromatic nitrogens is 3. The zero-order valence-electron chi connectivity index (χ0n) is 12.3. The topological polar surface area (TPSA) is 77.0 Å². The van der Waals surface area contributed by atoms with Crippen LogP contribution in [0.25, 0.3) is 0 Å². The van der Waals surface area contributed by atoms with E-state index in [0.29, 0.717) is 23.7 Å². The van der Waals surface area contributed by atoms with E-state index < -0.39 is 0 Å². The Morgan fingerprint density at radius 2 is 2.00 bits per heavy atom. The molecule has 1 aromatic heterocycles. The van der Waals surface area contributed by atoms with Gasteiger partial charge in [-0.2, -0.15) is 0 Å². The van der Waals surface area contributed by atoms with E-state index in [1.54, 1.807) is 36.2 Å². The molecule has 0 spiro atoms. The normalized spacial score (nSPS) is 14.2. The fourth-order valence-electron chi connectivity index (χ4n) is 2.34. The summed E-state index contributed by atoms with van der Waals surface area (Å²) in [6.45, 7) is 0.444. The first kappa shape index (κ1) is 13.6. The first-order valence-electron chi connectivity index (χ1n) is 7.05. The van der Waals surface area contributed by atoms with Gasteiger partial charge in [0.25, 0.3) is 5.91 Å². The Morgan fingerprint density at radius 3 is 2.62 bits per heavy atom. The molecule has 1 aliphatic rings. The molecule has 3 rings (SSSR count). The second-order valence-electron chi connectivity index (χ2n) is 5.59. The lowest BCUT2D eigenvalue weighted by Gasteiger charge is -2.16. The summed E-state index contributed by atoms with van der Waals surface area (Å²) in [7, 11) is 3.73. The zero-order valence-corrected chi connectivity index (χ0v) is 12.3. The predicted octanol–water partition coefficient (Wildman–Crippen LogP) is 1.55. The van der Waals surface area contributed by atoms with E-state index in [9.17, 15) is 4.79 Å². The summed E-state index contributed by atoms with van der Waals surface area (Å²) in [5.41, 5.74) is 6.91. The fraction of sp³-hybridized carbons (Fsp3) is 0.400. The summed E-state index contributed by atoms with van der Waals surface area (Å²) in [5, 5.41) is 8.44. The number of rotatable bonds is 4. The number of carbonyl (C=O) groups excluding carboxylic acids is 1. The lowest BCUT2D eigenvalue weighted by atomic mass is 10.2. The van der Waals surface area contributed by atoms with Gasteiger partial charge in [0, 0.05) is 31.3 Å². The van der Waals surface area contributed by atoms with Gasteiger partial charge in [-0.3, -0.25) is 4.79 Å². The van der Waals surface area contributed by atoms with Crippen molar-refractivity contribution in [3.63, 3.8) is 0 Å². The second kappa shape index (κ2) is 5.20. The molecule has 0 atom stereocenters. The number of benzene rings is 1. The van der Waals surface area contributed by atoms with Gasteiger partial charge in [0.2, 0.25) is 0 Å². The Kier molecular flexibility index (Phi) is 3.37. The Labute approximate surface area is 123 Å². The molecule has 0 unspecified atom stereocenters. The number of anilines is 1. The third-order valence-electron chi connectivity index (χ3n) is 3.82. The minimum absolute atomic E-state index is 0.0500. The van der Waals surface area contributed by atoms with Gasteiger partial charge in [-0.25, -0.2) is 0 Å². The lowest BCUT2D eigenvalue weighted by molar-refractivity contribution is 0.0780. The van der Waals surface area contributed by atoms with Gasteiger partial charge in [0.1, 0.15) is 5.82 Å². The van der Waals surface area contributed by atoms with E-state index in [1.165, 1.54) is 12.8 Å². The van der Waals surface area contributed by atoms with E-state index in [-0.39, 0.29) is 5.91 Å². The number of hydrogen-bond donors (Lipinski definition) is 1. The van der Waals surface area contributed by atoms with Crippen molar-refractivity contribution in [1.82, 2.24) is 19.7 Å². The molecule has 1 heterocycles. The van der Waals surface area contributed by atoms with Crippen LogP contribution >= 0.6 is 0 Å². The molecule has 1 aromatic carbocycles. The van der Waals surface area contributed by atoms with Crippen molar-refractivity contribution in [2.45, 2.75) is 25.3 Å². The minimum Gasteiger partial charge on any atom is -0.399 e. The van der Waals surface area contributed by atoms with Crippen LogP contribution in [0, 0.1) is 0 Å². The number of carbonyl (C=O) groups is 1. The summed E-state index contributed by atoms with van der Waals surface area (Å²) in [5.74, 6) is 2.34. The third-order valence-corrected chi connectivity index (χ3v) is 3.82. The van der Waals surface area contributed by atoms with Crippen molar-refractivity contribution >= 4 is 11.6 Å². The van der Waals surface area contributed by atoms with Crippen molar-refractivity contribution in [2.75, 3.05) is 12.8 Å². The molecule has 0 radical (unpaired) electrons. The molecule has 0 bridgehead atoms. The molecule has 0 saturated heterocycles. The summed E-state index contributed by atoms with van der Waals surface area (Å²) >= 11 is 0. The summed E-state index contributed by atoms with van der Waals surface area (Å²) in [4.78, 5) is 14.0. The van der Waals surface area contributed by atoms with Crippen LogP contribution in [0.2, 0.25) is 0 Å². The molecule has 2 N–H and O–H groups in total. The SMILES string of the molecule is CN(Cc1nnc(C2CC2)n1C)C(=O)c1ccc(N)cc1. The van der Waals surface area contributed by atoms with Crippen LogP contribution in [0.15, 0.2) is 24.3 Å². The Balaban J connectivity index is 1.72. The molecule has 1 amide bonds. The molecule has 1 saturated carbocycles. The number of nitrogens with two attached hydrogens (primary N) is 1. The number of hydrogen-bond acceptors (Lipinski definition) is 4. The average Bonchev–Trinajstić information content (AvgIpc) is 3.25. The average molecular weight is 285 g/mol. The maximum Gasteiger partial charge on any atom is 0.254 e. The predicted molar refractivity (Wildman–Crippen MR) is 79.6 cm³/mol. The maximum absolute atomic E-state index is 12.4. The van der Waals surface area contributed by atoms with Gasteiger partial charge in [-0.15, -0.1) is 10.2 Å². The highest BCUT2D eigenvalue weighted by atomic mass is 16.2. The van der Waals surface area contributed by atoms with Crippen LogP contribution in [-0.4, -0.2) is 32.6 Å². The molecule has 1 fully saturated rings. The highest BCUT2D eigenvalue weighted by Gasteiger charge is 2.29. The number of nitrogens with zero attached hydrogens (tertiary/aromatic N) is 4. The first-order valence-corrected chi connectivity index (χ1v) is 7.05. The molecule has 6 nitrogen and oxygen atoms in total. The molecule has 21 heavy (non-hydrogen) atoms. The van der Waals surface area contributed by atoms with Gasteiger partial charge in [-0.05, 0) is 37.1 Å². The Bertz CT molecular complexity index is 657. The minimum atomic E-state index is -0.0500. The highest BCUT2D eigenvalue weighted by Crippen LogP contribution is 2.38. The third kappa shape index (κ3) is 2.74.